The predicted molar refractivity (Wildman–Crippen MR) is 111 cm³/mol. The highest BCUT2D eigenvalue weighted by Crippen LogP contribution is 2.40. The molecule has 1 aliphatic rings. The van der Waals surface area contributed by atoms with E-state index >= 15 is 0 Å². The summed E-state index contributed by atoms with van der Waals surface area (Å²) in [5.41, 5.74) is 2.00. The van der Waals surface area contributed by atoms with Gasteiger partial charge in [-0.3, -0.25) is 4.79 Å². The number of Topliss-reactive ketones (excluding diaryl/α,β-unsaturated/α-hetero) is 1. The number of carbonyl (C=O) groups excluding carboxylic acids is 1. The van der Waals surface area contributed by atoms with Crippen LogP contribution in [0.2, 0.25) is 0 Å². The van der Waals surface area contributed by atoms with Crippen LogP contribution in [0.15, 0.2) is 36.4 Å². The molecule has 3 atom stereocenters. The normalized spacial score (nSPS) is 21.6. The number of ketones is 1. The zero-order valence-corrected chi connectivity index (χ0v) is 17.7. The monoisotopic (exact) mass is 399 g/mol. The first-order chi connectivity index (χ1) is 14.1. The summed E-state index contributed by atoms with van der Waals surface area (Å²) in [6.07, 6.45) is 1.21. The fourth-order valence-electron chi connectivity index (χ4n) is 4.05. The summed E-state index contributed by atoms with van der Waals surface area (Å²) in [5.74, 6) is 2.81. The molecule has 6 heteroatoms. The van der Waals surface area contributed by atoms with Crippen molar-refractivity contribution in [3.05, 3.63) is 47.5 Å². The summed E-state index contributed by atoms with van der Waals surface area (Å²) in [7, 11) is 6.45. The number of hydrogen-bond acceptors (Lipinski definition) is 6. The molecule has 0 spiro atoms. The van der Waals surface area contributed by atoms with Gasteiger partial charge in [0.05, 0.1) is 28.4 Å². The minimum absolute atomic E-state index is 0.0931. The average molecular weight is 399 g/mol. The standard InChI is InChI=1S/C23H29NO5/c1-6-16-18(25)13-17(14-7-9-19(26-2)21(11-14)28-4)24-23(16)15-8-10-20(27-3)22(12-15)29-5/h7-12,16-17,23-24H,6,13H2,1-5H3. The SMILES string of the molecule is CCC1C(=O)CC(c2ccc(OC)c(OC)c2)NC1c1ccc(OC)c(OC)c1. The maximum Gasteiger partial charge on any atom is 0.161 e. The van der Waals surface area contributed by atoms with Crippen molar-refractivity contribution >= 4 is 5.78 Å². The minimum Gasteiger partial charge on any atom is -0.493 e. The second-order valence-corrected chi connectivity index (χ2v) is 7.11. The van der Waals surface area contributed by atoms with Gasteiger partial charge in [-0.1, -0.05) is 19.1 Å². The van der Waals surface area contributed by atoms with Crippen LogP contribution in [0.4, 0.5) is 0 Å². The Balaban J connectivity index is 1.96. The molecule has 1 saturated heterocycles. The summed E-state index contributed by atoms with van der Waals surface area (Å²) in [6, 6.07) is 11.4. The maximum absolute atomic E-state index is 13.0. The van der Waals surface area contributed by atoms with Gasteiger partial charge in [-0.15, -0.1) is 0 Å². The molecule has 2 aromatic carbocycles. The van der Waals surface area contributed by atoms with Crippen molar-refractivity contribution < 1.29 is 23.7 Å². The van der Waals surface area contributed by atoms with E-state index in [-0.39, 0.29) is 23.8 Å². The lowest BCUT2D eigenvalue weighted by Gasteiger charge is -2.37. The fraction of sp³-hybridized carbons (Fsp3) is 0.435. The molecule has 1 N–H and O–H groups in total. The topological polar surface area (TPSA) is 66.0 Å². The van der Waals surface area contributed by atoms with Crippen LogP contribution in [0.1, 0.15) is 43.0 Å². The van der Waals surface area contributed by atoms with Crippen LogP contribution >= 0.6 is 0 Å². The summed E-state index contributed by atoms with van der Waals surface area (Å²) >= 11 is 0. The Morgan fingerprint density at radius 2 is 1.34 bits per heavy atom. The Hall–Kier alpha value is -2.73. The number of nitrogens with one attached hydrogen (secondary N) is 1. The largest absolute Gasteiger partial charge is 0.493 e. The first-order valence-electron chi connectivity index (χ1n) is 9.78. The second kappa shape index (κ2) is 9.18. The second-order valence-electron chi connectivity index (χ2n) is 7.11. The van der Waals surface area contributed by atoms with Crippen LogP contribution in [-0.4, -0.2) is 34.2 Å². The predicted octanol–water partition coefficient (Wildman–Crippen LogP) is 4.09. The van der Waals surface area contributed by atoms with Crippen molar-refractivity contribution in [1.29, 1.82) is 0 Å². The lowest BCUT2D eigenvalue weighted by atomic mass is 9.79. The van der Waals surface area contributed by atoms with Crippen molar-refractivity contribution in [1.82, 2.24) is 5.32 Å². The van der Waals surface area contributed by atoms with Gasteiger partial charge in [-0.25, -0.2) is 0 Å². The summed E-state index contributed by atoms with van der Waals surface area (Å²) < 4.78 is 21.6. The molecule has 2 aromatic rings. The highest BCUT2D eigenvalue weighted by molar-refractivity contribution is 5.83. The van der Waals surface area contributed by atoms with Gasteiger partial charge >= 0.3 is 0 Å². The minimum atomic E-state index is -0.112. The average Bonchev–Trinajstić information content (AvgIpc) is 2.77. The maximum atomic E-state index is 13.0. The quantitative estimate of drug-likeness (QED) is 0.756. The van der Waals surface area contributed by atoms with Gasteiger partial charge in [-0.05, 0) is 41.8 Å². The molecular formula is C23H29NO5. The smallest absolute Gasteiger partial charge is 0.161 e. The lowest BCUT2D eigenvalue weighted by Crippen LogP contribution is -2.42. The third-order valence-corrected chi connectivity index (χ3v) is 5.62. The van der Waals surface area contributed by atoms with E-state index in [4.69, 9.17) is 18.9 Å². The van der Waals surface area contributed by atoms with Gasteiger partial charge in [0.25, 0.3) is 0 Å². The molecule has 3 rings (SSSR count). The van der Waals surface area contributed by atoms with Gasteiger partial charge in [0.2, 0.25) is 0 Å². The molecule has 0 bridgehead atoms. The van der Waals surface area contributed by atoms with E-state index in [2.05, 4.69) is 12.2 Å². The number of ether oxygens (including phenoxy) is 4. The van der Waals surface area contributed by atoms with Crippen LogP contribution in [0.5, 0.6) is 23.0 Å². The molecule has 1 aliphatic heterocycles. The molecular weight excluding hydrogens is 370 g/mol. The molecule has 3 unspecified atom stereocenters. The van der Waals surface area contributed by atoms with Crippen molar-refractivity contribution in [3.8, 4) is 23.0 Å². The Kier molecular flexibility index (Phi) is 6.64. The van der Waals surface area contributed by atoms with Crippen LogP contribution in [0.25, 0.3) is 0 Å². The zero-order valence-electron chi connectivity index (χ0n) is 17.7. The summed E-state index contributed by atoms with van der Waals surface area (Å²) in [5, 5.41) is 3.68. The first kappa shape index (κ1) is 21.0. The van der Waals surface area contributed by atoms with E-state index in [0.717, 1.165) is 17.5 Å². The van der Waals surface area contributed by atoms with E-state index in [1.165, 1.54) is 0 Å². The van der Waals surface area contributed by atoms with Gasteiger partial charge in [0.1, 0.15) is 5.78 Å². The van der Waals surface area contributed by atoms with Crippen LogP contribution < -0.4 is 24.3 Å². The lowest BCUT2D eigenvalue weighted by molar-refractivity contribution is -0.126. The van der Waals surface area contributed by atoms with Gasteiger partial charge in [0.15, 0.2) is 23.0 Å². The molecule has 1 heterocycles. The van der Waals surface area contributed by atoms with Crippen molar-refractivity contribution in [2.24, 2.45) is 5.92 Å². The summed E-state index contributed by atoms with van der Waals surface area (Å²) in [6.45, 7) is 2.05. The Morgan fingerprint density at radius 1 is 0.828 bits per heavy atom. The van der Waals surface area contributed by atoms with E-state index in [9.17, 15) is 4.79 Å². The van der Waals surface area contributed by atoms with Crippen molar-refractivity contribution in [2.45, 2.75) is 31.8 Å². The number of benzene rings is 2. The van der Waals surface area contributed by atoms with E-state index < -0.39 is 0 Å². The van der Waals surface area contributed by atoms with Gasteiger partial charge in [0, 0.05) is 24.4 Å². The molecule has 29 heavy (non-hydrogen) atoms. The molecule has 0 aliphatic carbocycles. The van der Waals surface area contributed by atoms with E-state index in [0.29, 0.717) is 29.4 Å². The number of methoxy groups -OCH3 is 4. The Morgan fingerprint density at radius 3 is 1.86 bits per heavy atom. The highest BCUT2D eigenvalue weighted by atomic mass is 16.5. The number of carbonyl (C=O) groups is 1. The van der Waals surface area contributed by atoms with E-state index in [1.54, 1.807) is 28.4 Å². The molecule has 1 fully saturated rings. The van der Waals surface area contributed by atoms with Gasteiger partial charge < -0.3 is 24.3 Å². The molecule has 0 amide bonds. The molecule has 156 valence electrons. The fourth-order valence-corrected chi connectivity index (χ4v) is 4.05. The molecule has 0 radical (unpaired) electrons. The van der Waals surface area contributed by atoms with E-state index in [1.807, 2.05) is 36.4 Å². The Labute approximate surface area is 172 Å². The highest BCUT2D eigenvalue weighted by Gasteiger charge is 2.37. The van der Waals surface area contributed by atoms with Crippen molar-refractivity contribution in [2.75, 3.05) is 28.4 Å². The number of hydrogen-bond donors (Lipinski definition) is 1. The number of piperidine rings is 1. The third-order valence-electron chi connectivity index (χ3n) is 5.62. The molecule has 0 saturated carbocycles. The molecule has 6 nitrogen and oxygen atoms in total. The van der Waals surface area contributed by atoms with Crippen LogP contribution in [-0.2, 0) is 4.79 Å². The third kappa shape index (κ3) is 4.17. The van der Waals surface area contributed by atoms with Crippen molar-refractivity contribution in [3.63, 3.8) is 0 Å². The van der Waals surface area contributed by atoms with Crippen LogP contribution in [0.3, 0.4) is 0 Å². The zero-order chi connectivity index (χ0) is 21.0. The first-order valence-corrected chi connectivity index (χ1v) is 9.78. The van der Waals surface area contributed by atoms with Crippen LogP contribution in [0, 0.1) is 5.92 Å². The molecule has 0 aromatic heterocycles. The summed E-state index contributed by atoms with van der Waals surface area (Å²) in [4.78, 5) is 13.0. The Bertz CT molecular complexity index is 866. The van der Waals surface area contributed by atoms with Gasteiger partial charge in [-0.2, -0.15) is 0 Å². The number of rotatable bonds is 7.